The number of hydrogen-bond donors (Lipinski definition) is 2. The first-order valence-electron chi connectivity index (χ1n) is 15.6. The standard InChI is InChI=1S/C34H35N5O7S2/c1-22(40)13-14-35-29(41)20-30-37-38-32(46-30)31(48(43,44)21-23-5-3-2-4-6-23)33-36-27-12-11-26(19-28(27)47-33)24-7-9-25(10-8-24)34(42)39-15-17-45-18-16-39/h2-12,19,22,31,40H,13-18,20-21H2,1H3,(H,35,41). The molecule has 2 N–H and O–H groups in total. The van der Waals surface area contributed by atoms with E-state index in [-0.39, 0.29) is 47.3 Å². The molecule has 1 saturated heterocycles. The number of rotatable bonds is 12. The van der Waals surface area contributed by atoms with Crippen molar-refractivity contribution in [2.45, 2.75) is 36.9 Å². The van der Waals surface area contributed by atoms with Crippen LogP contribution in [0.5, 0.6) is 0 Å². The predicted octanol–water partition coefficient (Wildman–Crippen LogP) is 3.95. The fourth-order valence-electron chi connectivity index (χ4n) is 5.36. The Morgan fingerprint density at radius 2 is 1.73 bits per heavy atom. The zero-order valence-corrected chi connectivity index (χ0v) is 27.9. The summed E-state index contributed by atoms with van der Waals surface area (Å²) in [5, 5.41) is 19.1. The lowest BCUT2D eigenvalue weighted by Crippen LogP contribution is -2.40. The van der Waals surface area contributed by atoms with Crippen molar-refractivity contribution in [1.29, 1.82) is 0 Å². The first-order valence-corrected chi connectivity index (χ1v) is 18.1. The van der Waals surface area contributed by atoms with Crippen molar-refractivity contribution in [1.82, 2.24) is 25.4 Å². The highest BCUT2D eigenvalue weighted by molar-refractivity contribution is 7.91. The zero-order valence-electron chi connectivity index (χ0n) is 26.2. The number of aliphatic hydroxyl groups is 1. The number of nitrogens with one attached hydrogen (secondary N) is 1. The summed E-state index contributed by atoms with van der Waals surface area (Å²) >= 11 is 1.22. The molecule has 3 aromatic carbocycles. The summed E-state index contributed by atoms with van der Waals surface area (Å²) < 4.78 is 39.9. The van der Waals surface area contributed by atoms with Gasteiger partial charge in [-0.2, -0.15) is 0 Å². The van der Waals surface area contributed by atoms with Crippen LogP contribution in [0.4, 0.5) is 0 Å². The van der Waals surface area contributed by atoms with E-state index in [9.17, 15) is 23.1 Å². The van der Waals surface area contributed by atoms with Crippen LogP contribution in [-0.4, -0.2) is 84.4 Å². The number of thiazole rings is 1. The lowest BCUT2D eigenvalue weighted by molar-refractivity contribution is -0.120. The van der Waals surface area contributed by atoms with Crippen LogP contribution in [0.1, 0.15) is 51.3 Å². The van der Waals surface area contributed by atoms with Crippen LogP contribution in [0.25, 0.3) is 21.3 Å². The summed E-state index contributed by atoms with van der Waals surface area (Å²) in [5.41, 5.74) is 3.58. The molecule has 12 nitrogen and oxygen atoms in total. The number of aliphatic hydroxyl groups excluding tert-OH is 1. The average Bonchev–Trinajstić information content (AvgIpc) is 3.71. The first kappa shape index (κ1) is 33.4. The van der Waals surface area contributed by atoms with Crippen molar-refractivity contribution in [2.24, 2.45) is 0 Å². The van der Waals surface area contributed by atoms with Crippen molar-refractivity contribution < 1.29 is 32.3 Å². The molecule has 250 valence electrons. The van der Waals surface area contributed by atoms with Gasteiger partial charge in [-0.3, -0.25) is 9.59 Å². The number of nitrogens with zero attached hydrogens (tertiary/aromatic N) is 4. The molecule has 0 saturated carbocycles. The van der Waals surface area contributed by atoms with Gasteiger partial charge in [-0.05, 0) is 54.3 Å². The van der Waals surface area contributed by atoms with Gasteiger partial charge in [-0.1, -0.05) is 48.5 Å². The van der Waals surface area contributed by atoms with E-state index in [0.29, 0.717) is 49.4 Å². The molecule has 2 atom stereocenters. The van der Waals surface area contributed by atoms with Crippen LogP contribution in [0, 0.1) is 0 Å². The third kappa shape index (κ3) is 7.96. The lowest BCUT2D eigenvalue weighted by atomic mass is 10.0. The Morgan fingerprint density at radius 3 is 2.46 bits per heavy atom. The Labute approximate surface area is 281 Å². The Morgan fingerprint density at radius 1 is 1.00 bits per heavy atom. The Balaban J connectivity index is 1.27. The maximum Gasteiger partial charge on any atom is 0.254 e. The second-order valence-corrected chi connectivity index (χ2v) is 14.7. The molecular formula is C34H35N5O7S2. The van der Waals surface area contributed by atoms with Gasteiger partial charge in [0.25, 0.3) is 5.91 Å². The van der Waals surface area contributed by atoms with Crippen LogP contribution >= 0.6 is 11.3 Å². The van der Waals surface area contributed by atoms with E-state index >= 15 is 0 Å². The van der Waals surface area contributed by atoms with Crippen LogP contribution in [0.15, 0.2) is 77.2 Å². The van der Waals surface area contributed by atoms with Gasteiger partial charge in [-0.25, -0.2) is 13.4 Å². The summed E-state index contributed by atoms with van der Waals surface area (Å²) in [5.74, 6) is -0.903. The fraction of sp³-hybridized carbons (Fsp3) is 0.324. The molecule has 1 fully saturated rings. The first-order chi connectivity index (χ1) is 23.2. The second-order valence-electron chi connectivity index (χ2n) is 11.6. The molecule has 1 aliphatic rings. The van der Waals surface area contributed by atoms with Gasteiger partial charge in [0.1, 0.15) is 11.4 Å². The number of morpholine rings is 1. The Hall–Kier alpha value is -4.50. The highest BCUT2D eigenvalue weighted by atomic mass is 32.2. The fourth-order valence-corrected chi connectivity index (χ4v) is 8.51. The number of sulfone groups is 1. The minimum absolute atomic E-state index is 0.0293. The number of carbonyl (C=O) groups is 2. The van der Waals surface area contributed by atoms with Gasteiger partial charge in [0.2, 0.25) is 17.7 Å². The summed E-state index contributed by atoms with van der Waals surface area (Å²) in [6.07, 6.45) is -0.407. The summed E-state index contributed by atoms with van der Waals surface area (Å²) in [4.78, 5) is 31.8. The number of benzene rings is 3. The largest absolute Gasteiger partial charge is 0.423 e. The molecule has 48 heavy (non-hydrogen) atoms. The SMILES string of the molecule is CC(O)CCNC(=O)Cc1nnc(C(c2nc3ccc(-c4ccc(C(=O)N5CCOCC5)cc4)cc3s2)S(=O)(=O)Cc2ccccc2)o1. The number of amides is 2. The topological polar surface area (TPSA) is 165 Å². The number of carbonyl (C=O) groups excluding carboxylic acids is 2. The van der Waals surface area contributed by atoms with E-state index in [0.717, 1.165) is 15.8 Å². The van der Waals surface area contributed by atoms with Crippen molar-refractivity contribution in [2.75, 3.05) is 32.8 Å². The molecule has 5 aromatic rings. The molecule has 6 rings (SSSR count). The minimum atomic E-state index is -3.97. The molecule has 0 bridgehead atoms. The average molecular weight is 690 g/mol. The van der Waals surface area contributed by atoms with Gasteiger partial charge < -0.3 is 24.5 Å². The lowest BCUT2D eigenvalue weighted by Gasteiger charge is -2.26. The summed E-state index contributed by atoms with van der Waals surface area (Å²) in [6.45, 7) is 4.10. The number of fused-ring (bicyclic) bond motifs is 1. The summed E-state index contributed by atoms with van der Waals surface area (Å²) in [7, 11) is -3.97. The van der Waals surface area contributed by atoms with Crippen molar-refractivity contribution in [3.8, 4) is 11.1 Å². The van der Waals surface area contributed by atoms with E-state index in [4.69, 9.17) is 14.1 Å². The molecule has 2 unspecified atom stereocenters. The van der Waals surface area contributed by atoms with Gasteiger partial charge in [-0.15, -0.1) is 21.5 Å². The molecular weight excluding hydrogens is 655 g/mol. The molecule has 0 aliphatic carbocycles. The van der Waals surface area contributed by atoms with E-state index in [1.807, 2.05) is 48.5 Å². The van der Waals surface area contributed by atoms with E-state index < -0.39 is 21.2 Å². The normalized spacial score (nSPS) is 14.9. The van der Waals surface area contributed by atoms with Crippen molar-refractivity contribution in [3.63, 3.8) is 0 Å². The van der Waals surface area contributed by atoms with Crippen LogP contribution < -0.4 is 5.32 Å². The minimum Gasteiger partial charge on any atom is -0.423 e. The van der Waals surface area contributed by atoms with Crippen LogP contribution in [0.3, 0.4) is 0 Å². The highest BCUT2D eigenvalue weighted by Gasteiger charge is 2.37. The zero-order chi connectivity index (χ0) is 33.7. The van der Waals surface area contributed by atoms with Gasteiger partial charge in [0.05, 0.1) is 35.3 Å². The quantitative estimate of drug-likeness (QED) is 0.196. The van der Waals surface area contributed by atoms with Crippen LogP contribution in [-0.2, 0) is 31.5 Å². The maximum atomic E-state index is 14.0. The molecule has 0 spiro atoms. The monoisotopic (exact) mass is 689 g/mol. The predicted molar refractivity (Wildman–Crippen MR) is 180 cm³/mol. The van der Waals surface area contributed by atoms with Crippen LogP contribution in [0.2, 0.25) is 0 Å². The van der Waals surface area contributed by atoms with E-state index in [1.54, 1.807) is 36.1 Å². The van der Waals surface area contributed by atoms with Gasteiger partial charge in [0.15, 0.2) is 15.1 Å². The highest BCUT2D eigenvalue weighted by Crippen LogP contribution is 2.38. The third-order valence-corrected chi connectivity index (χ3v) is 11.0. The second kappa shape index (κ2) is 14.7. The number of aromatic nitrogens is 3. The third-order valence-electron chi connectivity index (χ3n) is 7.87. The molecule has 2 amide bonds. The van der Waals surface area contributed by atoms with E-state index in [1.165, 1.54) is 11.3 Å². The molecule has 14 heteroatoms. The van der Waals surface area contributed by atoms with Gasteiger partial charge >= 0.3 is 0 Å². The number of hydrogen-bond acceptors (Lipinski definition) is 11. The summed E-state index contributed by atoms with van der Waals surface area (Å²) in [6, 6.07) is 21.9. The molecule has 2 aromatic heterocycles. The molecule has 1 aliphatic heterocycles. The van der Waals surface area contributed by atoms with Crippen molar-refractivity contribution >= 4 is 43.2 Å². The van der Waals surface area contributed by atoms with Gasteiger partial charge in [0, 0.05) is 25.2 Å². The maximum absolute atomic E-state index is 14.0. The van der Waals surface area contributed by atoms with Crippen molar-refractivity contribution in [3.05, 3.63) is 101 Å². The van der Waals surface area contributed by atoms with E-state index in [2.05, 4.69) is 15.5 Å². The smallest absolute Gasteiger partial charge is 0.254 e. The molecule has 3 heterocycles. The molecule has 0 radical (unpaired) electrons. The Bertz CT molecular complexity index is 1990. The Kier molecular flexibility index (Phi) is 10.2. The number of ether oxygens (including phenoxy) is 1.